The van der Waals surface area contributed by atoms with Crippen molar-refractivity contribution in [3.05, 3.63) is 89.2 Å². The molecule has 0 bridgehead atoms. The molecule has 1 heterocycles. The van der Waals surface area contributed by atoms with Crippen LogP contribution in [0.5, 0.6) is 5.75 Å². The molecule has 0 spiro atoms. The number of hydrogen-bond acceptors (Lipinski definition) is 3. The Morgan fingerprint density at radius 3 is 2.47 bits per heavy atom. The molecule has 4 nitrogen and oxygen atoms in total. The SMILES string of the molecule is Cc1ccc(CN2c3ccc(C)cc3OCC2CC(=O)Nc2ccc(F)cc2)cc1. The highest BCUT2D eigenvalue weighted by molar-refractivity contribution is 5.91. The molecule has 0 aliphatic carbocycles. The summed E-state index contributed by atoms with van der Waals surface area (Å²) in [5.74, 6) is 0.391. The molecule has 1 aliphatic heterocycles. The van der Waals surface area contributed by atoms with Crippen LogP contribution >= 0.6 is 0 Å². The smallest absolute Gasteiger partial charge is 0.226 e. The van der Waals surface area contributed by atoms with Gasteiger partial charge in [-0.1, -0.05) is 35.9 Å². The minimum Gasteiger partial charge on any atom is -0.489 e. The lowest BCUT2D eigenvalue weighted by atomic mass is 10.0. The molecule has 4 rings (SSSR count). The minimum absolute atomic E-state index is 0.109. The van der Waals surface area contributed by atoms with Crippen molar-refractivity contribution in [3.8, 4) is 5.75 Å². The van der Waals surface area contributed by atoms with Crippen molar-refractivity contribution in [3.63, 3.8) is 0 Å². The third-order valence-electron chi connectivity index (χ3n) is 5.32. The Labute approximate surface area is 176 Å². The van der Waals surface area contributed by atoms with Gasteiger partial charge in [0.2, 0.25) is 5.91 Å². The van der Waals surface area contributed by atoms with E-state index >= 15 is 0 Å². The molecule has 1 aliphatic rings. The van der Waals surface area contributed by atoms with Crippen molar-refractivity contribution in [2.75, 3.05) is 16.8 Å². The highest BCUT2D eigenvalue weighted by Gasteiger charge is 2.29. The number of carbonyl (C=O) groups is 1. The van der Waals surface area contributed by atoms with E-state index in [9.17, 15) is 9.18 Å². The van der Waals surface area contributed by atoms with Crippen LogP contribution in [0.15, 0.2) is 66.7 Å². The zero-order valence-electron chi connectivity index (χ0n) is 17.2. The first-order valence-electron chi connectivity index (χ1n) is 10.1. The highest BCUT2D eigenvalue weighted by Crippen LogP contribution is 2.36. The highest BCUT2D eigenvalue weighted by atomic mass is 19.1. The predicted octanol–water partition coefficient (Wildman–Crippen LogP) is 5.24. The average molecular weight is 404 g/mol. The quantitative estimate of drug-likeness (QED) is 0.632. The van der Waals surface area contributed by atoms with Crippen molar-refractivity contribution in [2.45, 2.75) is 32.9 Å². The summed E-state index contributed by atoms with van der Waals surface area (Å²) in [4.78, 5) is 14.9. The van der Waals surface area contributed by atoms with E-state index in [4.69, 9.17) is 4.74 Å². The summed E-state index contributed by atoms with van der Waals surface area (Å²) in [5, 5.41) is 2.85. The maximum absolute atomic E-state index is 13.1. The number of carbonyl (C=O) groups excluding carboxylic acids is 1. The van der Waals surface area contributed by atoms with Gasteiger partial charge in [-0.25, -0.2) is 4.39 Å². The largest absolute Gasteiger partial charge is 0.489 e. The third-order valence-corrected chi connectivity index (χ3v) is 5.32. The van der Waals surface area contributed by atoms with Crippen LogP contribution in [0, 0.1) is 19.7 Å². The molecule has 1 N–H and O–H groups in total. The van der Waals surface area contributed by atoms with Gasteiger partial charge in [0.15, 0.2) is 0 Å². The van der Waals surface area contributed by atoms with Gasteiger partial charge in [-0.2, -0.15) is 0 Å². The van der Waals surface area contributed by atoms with Gasteiger partial charge in [-0.15, -0.1) is 0 Å². The number of hydrogen-bond donors (Lipinski definition) is 1. The molecule has 3 aromatic rings. The van der Waals surface area contributed by atoms with E-state index in [1.54, 1.807) is 12.1 Å². The Hall–Kier alpha value is -3.34. The summed E-state index contributed by atoms with van der Waals surface area (Å²) in [6.45, 7) is 5.22. The fourth-order valence-corrected chi connectivity index (χ4v) is 3.68. The van der Waals surface area contributed by atoms with E-state index in [0.717, 1.165) is 17.0 Å². The van der Waals surface area contributed by atoms with Gasteiger partial charge in [-0.05, 0) is 61.4 Å². The van der Waals surface area contributed by atoms with Gasteiger partial charge in [-0.3, -0.25) is 4.79 Å². The normalized spacial score (nSPS) is 15.3. The molecular weight excluding hydrogens is 379 g/mol. The number of nitrogens with zero attached hydrogens (tertiary/aromatic N) is 1. The molecule has 5 heteroatoms. The van der Waals surface area contributed by atoms with Gasteiger partial charge in [0.1, 0.15) is 18.2 Å². The maximum Gasteiger partial charge on any atom is 0.226 e. The third kappa shape index (κ3) is 4.62. The van der Waals surface area contributed by atoms with Gasteiger partial charge in [0.05, 0.1) is 18.2 Å². The number of halogens is 1. The molecule has 0 fully saturated rings. The first-order valence-corrected chi connectivity index (χ1v) is 10.1. The van der Waals surface area contributed by atoms with Crippen molar-refractivity contribution in [1.82, 2.24) is 0 Å². The van der Waals surface area contributed by atoms with E-state index in [2.05, 4.69) is 53.5 Å². The van der Waals surface area contributed by atoms with Gasteiger partial charge in [0.25, 0.3) is 0 Å². The molecule has 0 radical (unpaired) electrons. The van der Waals surface area contributed by atoms with Crippen molar-refractivity contribution >= 4 is 17.3 Å². The second kappa shape index (κ2) is 8.57. The van der Waals surface area contributed by atoms with Crippen LogP contribution in [-0.4, -0.2) is 18.6 Å². The van der Waals surface area contributed by atoms with E-state index in [1.807, 2.05) is 13.0 Å². The minimum atomic E-state index is -0.329. The van der Waals surface area contributed by atoms with Crippen LogP contribution in [0.3, 0.4) is 0 Å². The molecule has 3 aromatic carbocycles. The van der Waals surface area contributed by atoms with Gasteiger partial charge < -0.3 is 15.0 Å². The van der Waals surface area contributed by atoms with Crippen LogP contribution in [0.4, 0.5) is 15.8 Å². The van der Waals surface area contributed by atoms with E-state index in [1.165, 1.54) is 23.3 Å². The first-order chi connectivity index (χ1) is 14.5. The van der Waals surface area contributed by atoms with Crippen LogP contribution in [0.25, 0.3) is 0 Å². The number of nitrogens with one attached hydrogen (secondary N) is 1. The second-order valence-electron chi connectivity index (χ2n) is 7.81. The van der Waals surface area contributed by atoms with Crippen LogP contribution in [0.1, 0.15) is 23.1 Å². The summed E-state index contributed by atoms with van der Waals surface area (Å²) in [6, 6.07) is 20.3. The lowest BCUT2D eigenvalue weighted by Crippen LogP contribution is -2.44. The molecule has 1 amide bonds. The molecule has 0 saturated heterocycles. The van der Waals surface area contributed by atoms with Crippen LogP contribution < -0.4 is 15.0 Å². The standard InChI is InChI=1S/C25H25FN2O2/c1-17-3-6-19(7-4-17)15-28-22(16-30-24-13-18(2)5-12-23(24)28)14-25(29)27-21-10-8-20(26)9-11-21/h3-13,22H,14-16H2,1-2H3,(H,27,29). The van der Waals surface area contributed by atoms with Gasteiger partial charge >= 0.3 is 0 Å². The van der Waals surface area contributed by atoms with E-state index in [-0.39, 0.29) is 24.2 Å². The first kappa shape index (κ1) is 20.0. The van der Waals surface area contributed by atoms with Crippen LogP contribution in [-0.2, 0) is 11.3 Å². The monoisotopic (exact) mass is 404 g/mol. The Morgan fingerprint density at radius 2 is 1.73 bits per heavy atom. The van der Waals surface area contributed by atoms with Crippen LogP contribution in [0.2, 0.25) is 0 Å². The number of amides is 1. The van der Waals surface area contributed by atoms with E-state index in [0.29, 0.717) is 18.8 Å². The lowest BCUT2D eigenvalue weighted by molar-refractivity contribution is -0.116. The number of anilines is 2. The summed E-state index contributed by atoms with van der Waals surface area (Å²) in [6.07, 6.45) is 0.274. The van der Waals surface area contributed by atoms with Crippen molar-refractivity contribution < 1.29 is 13.9 Å². The number of rotatable bonds is 5. The Morgan fingerprint density at radius 1 is 1.03 bits per heavy atom. The molecule has 1 unspecified atom stereocenters. The number of fused-ring (bicyclic) bond motifs is 1. The molecule has 0 aromatic heterocycles. The van der Waals surface area contributed by atoms with Gasteiger partial charge in [0, 0.05) is 12.2 Å². The summed E-state index contributed by atoms with van der Waals surface area (Å²) < 4.78 is 19.1. The number of aryl methyl sites for hydroxylation is 2. The Balaban J connectivity index is 1.55. The van der Waals surface area contributed by atoms with Crippen molar-refractivity contribution in [1.29, 1.82) is 0 Å². The van der Waals surface area contributed by atoms with E-state index < -0.39 is 0 Å². The fourth-order valence-electron chi connectivity index (χ4n) is 3.68. The second-order valence-corrected chi connectivity index (χ2v) is 7.81. The Bertz CT molecular complexity index is 1030. The molecule has 0 saturated carbocycles. The molecule has 1 atom stereocenters. The average Bonchev–Trinajstić information content (AvgIpc) is 2.73. The summed E-state index contributed by atoms with van der Waals surface area (Å²) in [7, 11) is 0. The lowest BCUT2D eigenvalue weighted by Gasteiger charge is -2.38. The van der Waals surface area contributed by atoms with Crippen molar-refractivity contribution in [2.24, 2.45) is 0 Å². The maximum atomic E-state index is 13.1. The topological polar surface area (TPSA) is 41.6 Å². The molecular formula is C25H25FN2O2. The summed E-state index contributed by atoms with van der Waals surface area (Å²) >= 11 is 0. The predicted molar refractivity (Wildman–Crippen MR) is 117 cm³/mol. The fraction of sp³-hybridized carbons (Fsp3) is 0.240. The summed E-state index contributed by atoms with van der Waals surface area (Å²) in [5.41, 5.74) is 5.10. The number of ether oxygens (including phenoxy) is 1. The molecule has 154 valence electrons. The zero-order chi connectivity index (χ0) is 21.1. The zero-order valence-corrected chi connectivity index (χ0v) is 17.2. The number of benzene rings is 3. The molecule has 30 heavy (non-hydrogen) atoms. The Kier molecular flexibility index (Phi) is 5.70.